The third-order valence-electron chi connectivity index (χ3n) is 4.15. The molecule has 0 aromatic heterocycles. The van der Waals surface area contributed by atoms with Crippen molar-refractivity contribution in [2.24, 2.45) is 0 Å². The van der Waals surface area contributed by atoms with Crippen LogP contribution in [0.2, 0.25) is 0 Å². The van der Waals surface area contributed by atoms with E-state index in [2.05, 4.69) is 65.0 Å². The van der Waals surface area contributed by atoms with Crippen LogP contribution in [0.3, 0.4) is 0 Å². The second-order valence-electron chi connectivity index (χ2n) is 6.25. The minimum atomic E-state index is -0.437. The molecule has 2 rings (SSSR count). The van der Waals surface area contributed by atoms with Crippen LogP contribution in [0, 0.1) is 21.4 Å². The van der Waals surface area contributed by atoms with E-state index in [4.69, 9.17) is 9.31 Å². The molecule has 0 spiro atoms. The lowest BCUT2D eigenvalue weighted by Crippen LogP contribution is -2.41. The molecule has 1 aromatic carbocycles. The van der Waals surface area contributed by atoms with Gasteiger partial charge in [0.2, 0.25) is 0 Å². The maximum absolute atomic E-state index is 6.21. The fourth-order valence-electron chi connectivity index (χ4n) is 2.31. The van der Waals surface area contributed by atoms with Gasteiger partial charge in [0.15, 0.2) is 0 Å². The Balaban J connectivity index is 2.62. The first-order chi connectivity index (χ1) is 10.2. The van der Waals surface area contributed by atoms with Crippen LogP contribution < -0.4 is 5.46 Å². The summed E-state index contributed by atoms with van der Waals surface area (Å²) in [6.45, 7) is 8.23. The third-order valence-corrected chi connectivity index (χ3v) is 5.11. The normalized spacial score (nSPS) is 18.1. The van der Waals surface area contributed by atoms with E-state index < -0.39 is 7.12 Å². The second-order valence-corrected chi connectivity index (χ2v) is 8.17. The molecule has 110 valence electrons. The largest absolute Gasteiger partial charge is 0.497 e. The van der Waals surface area contributed by atoms with Crippen molar-refractivity contribution in [3.05, 3.63) is 27.7 Å². The van der Waals surface area contributed by atoms with Crippen molar-refractivity contribution in [2.45, 2.75) is 38.9 Å². The van der Waals surface area contributed by atoms with Crippen LogP contribution in [0.25, 0.3) is 0 Å². The molecule has 0 unspecified atom stereocenters. The molecule has 0 saturated carbocycles. The van der Waals surface area contributed by atoms with Crippen molar-refractivity contribution in [3.63, 3.8) is 0 Å². The fourth-order valence-corrected chi connectivity index (χ4v) is 3.31. The number of hydrogen-bond donors (Lipinski definition) is 0. The van der Waals surface area contributed by atoms with Gasteiger partial charge < -0.3 is 9.31 Å². The number of hydrogen-bond acceptors (Lipinski definition) is 2. The SMILES string of the molecule is CC1(C)OB(c2c(C#[C][AlH2])cc(Br)cc2C#[C][AlH2])OC1(C)C. The van der Waals surface area contributed by atoms with Crippen LogP contribution >= 0.6 is 15.9 Å². The molecule has 0 N–H and O–H groups in total. The number of benzene rings is 1. The lowest BCUT2D eigenvalue weighted by atomic mass is 9.73. The first kappa shape index (κ1) is 18.2. The van der Waals surface area contributed by atoms with Gasteiger partial charge in [-0.25, -0.2) is 9.56 Å². The Kier molecular flexibility index (Phi) is 5.61. The molecule has 6 heteroatoms. The quantitative estimate of drug-likeness (QED) is 0.520. The maximum Gasteiger partial charge on any atom is 0.497 e. The molecule has 0 bridgehead atoms. The molecule has 0 radical (unpaired) electrons. The van der Waals surface area contributed by atoms with Gasteiger partial charge in [-0.1, -0.05) is 27.8 Å². The minimum absolute atomic E-state index is 0.373. The van der Waals surface area contributed by atoms with Crippen LogP contribution in [-0.2, 0) is 9.31 Å². The Bertz CT molecular complexity index is 666. The first-order valence-electron chi connectivity index (χ1n) is 7.26. The average Bonchev–Trinajstić information content (AvgIpc) is 2.58. The summed E-state index contributed by atoms with van der Waals surface area (Å²) >= 11 is 5.20. The van der Waals surface area contributed by atoms with Crippen LogP contribution in [0.15, 0.2) is 16.6 Å². The van der Waals surface area contributed by atoms with Crippen molar-refractivity contribution in [3.8, 4) is 21.4 Å². The summed E-state index contributed by atoms with van der Waals surface area (Å²) < 4.78 is 13.4. The highest BCUT2D eigenvalue weighted by molar-refractivity contribution is 9.10. The van der Waals surface area contributed by atoms with Gasteiger partial charge in [-0.05, 0) is 39.8 Å². The summed E-state index contributed by atoms with van der Waals surface area (Å²) in [5.41, 5.74) is 2.07. The standard InChI is InChI=1S/C16H14BBrO2.2Al.4H/c1-7-11-9-13(18)10-12(8-2)14(11)17-19-15(3,4)16(5,6)20-17;;;;;;/h9-10H,3-6H3;;;;;;. The first-order valence-corrected chi connectivity index (χ1v) is 10.1. The second kappa shape index (κ2) is 6.78. The van der Waals surface area contributed by atoms with E-state index in [0.29, 0.717) is 0 Å². The summed E-state index contributed by atoms with van der Waals surface area (Å²) in [5, 5.41) is 0. The summed E-state index contributed by atoms with van der Waals surface area (Å²) in [5.74, 6) is 6.43. The van der Waals surface area contributed by atoms with E-state index in [1.807, 2.05) is 12.1 Å². The van der Waals surface area contributed by atoms with Crippen molar-refractivity contribution >= 4 is 61.1 Å². The molecule has 0 aliphatic carbocycles. The zero-order chi connectivity index (χ0) is 16.5. The minimum Gasteiger partial charge on any atom is -0.399 e. The molecule has 1 aliphatic rings. The van der Waals surface area contributed by atoms with Crippen LogP contribution in [-0.4, -0.2) is 50.9 Å². The molecular weight excluding hydrogens is 369 g/mol. The van der Waals surface area contributed by atoms with Gasteiger partial charge >= 0.3 is 39.7 Å². The lowest BCUT2D eigenvalue weighted by molar-refractivity contribution is 0.00578. The smallest absolute Gasteiger partial charge is 0.399 e. The summed E-state index contributed by atoms with van der Waals surface area (Å²) in [4.78, 5) is 6.21. The molecule has 1 aromatic rings. The molecule has 1 saturated heterocycles. The van der Waals surface area contributed by atoms with Crippen LogP contribution in [0.5, 0.6) is 0 Å². The van der Waals surface area contributed by atoms with E-state index in [1.54, 1.807) is 0 Å². The Morgan fingerprint density at radius 3 is 1.73 bits per heavy atom. The van der Waals surface area contributed by atoms with E-state index >= 15 is 0 Å². The summed E-state index contributed by atoms with van der Waals surface area (Å²) in [7, 11) is -0.437. The van der Waals surface area contributed by atoms with Gasteiger partial charge in [-0.3, -0.25) is 0 Å². The maximum atomic E-state index is 6.21. The number of rotatable bonds is 1. The lowest BCUT2D eigenvalue weighted by Gasteiger charge is -2.32. The van der Waals surface area contributed by atoms with Crippen LogP contribution in [0.1, 0.15) is 38.8 Å². The Morgan fingerprint density at radius 2 is 1.36 bits per heavy atom. The molecular formula is C16H18Al2BBrO2. The predicted molar refractivity (Wildman–Crippen MR) is 101 cm³/mol. The van der Waals surface area contributed by atoms with Crippen molar-refractivity contribution in [1.29, 1.82) is 0 Å². The van der Waals surface area contributed by atoms with Gasteiger partial charge in [0.25, 0.3) is 0 Å². The zero-order valence-corrected chi connectivity index (χ0v) is 19.5. The molecule has 1 fully saturated rings. The fraction of sp³-hybridized carbons (Fsp3) is 0.375. The van der Waals surface area contributed by atoms with Crippen molar-refractivity contribution in [2.75, 3.05) is 0 Å². The van der Waals surface area contributed by atoms with E-state index in [0.717, 1.165) is 53.6 Å². The highest BCUT2D eigenvalue weighted by Crippen LogP contribution is 2.37. The van der Waals surface area contributed by atoms with Crippen molar-refractivity contribution < 1.29 is 9.31 Å². The molecule has 1 heterocycles. The monoisotopic (exact) mass is 386 g/mol. The Labute approximate surface area is 157 Å². The van der Waals surface area contributed by atoms with Gasteiger partial charge in [0.05, 0.1) is 11.2 Å². The van der Waals surface area contributed by atoms with E-state index in [-0.39, 0.29) is 11.2 Å². The topological polar surface area (TPSA) is 18.5 Å². The van der Waals surface area contributed by atoms with Gasteiger partial charge in [0.1, 0.15) is 0 Å². The highest BCUT2D eigenvalue weighted by atomic mass is 79.9. The molecule has 0 amide bonds. The average molecular weight is 387 g/mol. The van der Waals surface area contributed by atoms with E-state index in [9.17, 15) is 0 Å². The Morgan fingerprint density at radius 1 is 0.955 bits per heavy atom. The summed E-state index contributed by atoms with van der Waals surface area (Å²) in [6.07, 6.45) is 0. The molecule has 2 nitrogen and oxygen atoms in total. The third kappa shape index (κ3) is 3.51. The number of halogens is 1. The molecule has 22 heavy (non-hydrogen) atoms. The van der Waals surface area contributed by atoms with Crippen molar-refractivity contribution in [1.82, 2.24) is 0 Å². The van der Waals surface area contributed by atoms with Gasteiger partial charge in [0, 0.05) is 21.1 Å². The van der Waals surface area contributed by atoms with Gasteiger partial charge in [-0.2, -0.15) is 0 Å². The zero-order valence-electron chi connectivity index (χ0n) is 13.9. The highest BCUT2D eigenvalue weighted by Gasteiger charge is 2.52. The summed E-state index contributed by atoms with van der Waals surface area (Å²) in [6, 6.07) is 4.03. The van der Waals surface area contributed by atoms with E-state index in [1.165, 1.54) is 0 Å². The van der Waals surface area contributed by atoms with Crippen LogP contribution in [0.4, 0.5) is 0 Å². The molecule has 1 aliphatic heterocycles. The Hall–Kier alpha value is -0.130. The predicted octanol–water partition coefficient (Wildman–Crippen LogP) is 0.632. The van der Waals surface area contributed by atoms with Gasteiger partial charge in [-0.15, -0.1) is 0 Å². The molecule has 0 atom stereocenters.